The van der Waals surface area contributed by atoms with E-state index in [0.717, 1.165) is 5.56 Å². The third kappa shape index (κ3) is 5.60. The third-order valence-electron chi connectivity index (χ3n) is 4.59. The van der Waals surface area contributed by atoms with E-state index in [0.29, 0.717) is 12.2 Å². The first-order valence-electron chi connectivity index (χ1n) is 9.80. The smallest absolute Gasteiger partial charge is 0.264 e. The lowest BCUT2D eigenvalue weighted by atomic mass is 10.2. The molecule has 2 rings (SSSR count). The van der Waals surface area contributed by atoms with Gasteiger partial charge in [0.05, 0.1) is 17.1 Å². The van der Waals surface area contributed by atoms with E-state index in [4.69, 9.17) is 0 Å². The fourth-order valence-corrected chi connectivity index (χ4v) is 4.13. The van der Waals surface area contributed by atoms with Crippen molar-refractivity contribution in [3.8, 4) is 0 Å². The number of amides is 2. The van der Waals surface area contributed by atoms with Crippen LogP contribution in [0.5, 0.6) is 0 Å². The Balaban J connectivity index is 2.28. The van der Waals surface area contributed by atoms with Gasteiger partial charge in [-0.3, -0.25) is 13.9 Å². The van der Waals surface area contributed by atoms with Crippen LogP contribution in [0.4, 0.5) is 5.69 Å². The average molecular weight is 432 g/mol. The summed E-state index contributed by atoms with van der Waals surface area (Å²) in [7, 11) is -2.37. The number of hydrogen-bond donors (Lipinski definition) is 1. The van der Waals surface area contributed by atoms with Crippen LogP contribution in [0.25, 0.3) is 0 Å². The molecule has 0 aromatic heterocycles. The number of benzene rings is 2. The fraction of sp³-hybridized carbons (Fsp3) is 0.364. The number of aryl methyl sites for hydroxylation is 1. The molecule has 162 valence electrons. The Labute approximate surface area is 178 Å². The number of nitrogens with zero attached hydrogens (tertiary/aromatic N) is 2. The van der Waals surface area contributed by atoms with E-state index in [9.17, 15) is 18.0 Å². The van der Waals surface area contributed by atoms with E-state index in [1.165, 1.54) is 34.5 Å². The van der Waals surface area contributed by atoms with Crippen LogP contribution in [0, 0.1) is 6.92 Å². The number of carbonyl (C=O) groups excluding carboxylic acids is 2. The van der Waals surface area contributed by atoms with Crippen LogP contribution in [0.3, 0.4) is 0 Å². The minimum atomic E-state index is -3.85. The largest absolute Gasteiger partial charge is 0.352 e. The summed E-state index contributed by atoms with van der Waals surface area (Å²) in [6, 6.07) is 13.0. The lowest BCUT2D eigenvalue weighted by Gasteiger charge is -2.22. The Hall–Kier alpha value is -2.87. The molecule has 0 bridgehead atoms. The van der Waals surface area contributed by atoms with Crippen LogP contribution in [0.15, 0.2) is 53.4 Å². The second-order valence-corrected chi connectivity index (χ2v) is 9.35. The lowest BCUT2D eigenvalue weighted by Crippen LogP contribution is -2.42. The van der Waals surface area contributed by atoms with Crippen molar-refractivity contribution >= 4 is 27.5 Å². The Morgan fingerprint density at radius 2 is 1.70 bits per heavy atom. The first-order valence-corrected chi connectivity index (χ1v) is 11.2. The molecule has 0 saturated carbocycles. The molecule has 0 aliphatic heterocycles. The first kappa shape index (κ1) is 23.4. The lowest BCUT2D eigenvalue weighted by molar-refractivity contribution is -0.122. The summed E-state index contributed by atoms with van der Waals surface area (Å²) in [5.74, 6) is -0.658. The molecule has 0 heterocycles. The molecule has 8 heteroatoms. The van der Waals surface area contributed by atoms with Crippen molar-refractivity contribution in [2.75, 3.05) is 24.4 Å². The zero-order chi connectivity index (χ0) is 22.5. The molecule has 0 fully saturated rings. The number of sulfonamides is 1. The highest BCUT2D eigenvalue weighted by Crippen LogP contribution is 2.23. The van der Waals surface area contributed by atoms with E-state index in [2.05, 4.69) is 5.32 Å². The summed E-state index contributed by atoms with van der Waals surface area (Å²) in [5.41, 5.74) is 1.77. The molecule has 0 atom stereocenters. The van der Waals surface area contributed by atoms with Crippen molar-refractivity contribution in [2.45, 2.75) is 38.6 Å². The van der Waals surface area contributed by atoms with Gasteiger partial charge in [0, 0.05) is 25.2 Å². The average Bonchev–Trinajstić information content (AvgIpc) is 2.71. The highest BCUT2D eigenvalue weighted by atomic mass is 32.2. The molecule has 7 nitrogen and oxygen atoms in total. The molecular weight excluding hydrogens is 402 g/mol. The topological polar surface area (TPSA) is 86.8 Å². The summed E-state index contributed by atoms with van der Waals surface area (Å²) in [5, 5.41) is 2.75. The van der Waals surface area contributed by atoms with Crippen molar-refractivity contribution in [1.29, 1.82) is 0 Å². The highest BCUT2D eigenvalue weighted by molar-refractivity contribution is 7.92. The van der Waals surface area contributed by atoms with Crippen LogP contribution >= 0.6 is 0 Å². The number of anilines is 1. The Morgan fingerprint density at radius 3 is 2.27 bits per heavy atom. The normalized spacial score (nSPS) is 11.3. The maximum atomic E-state index is 13.1. The van der Waals surface area contributed by atoms with Crippen LogP contribution in [0.2, 0.25) is 0 Å². The number of carbonyl (C=O) groups is 2. The monoisotopic (exact) mass is 431 g/mol. The Bertz CT molecular complexity index is 1000. The second-order valence-electron chi connectivity index (χ2n) is 7.38. The van der Waals surface area contributed by atoms with Gasteiger partial charge in [0.25, 0.3) is 15.9 Å². The Kier molecular flexibility index (Phi) is 7.61. The molecule has 0 saturated heterocycles. The molecular formula is C22H29N3O4S. The fourth-order valence-electron chi connectivity index (χ4n) is 2.89. The van der Waals surface area contributed by atoms with Crippen molar-refractivity contribution < 1.29 is 18.0 Å². The van der Waals surface area contributed by atoms with E-state index >= 15 is 0 Å². The zero-order valence-corrected chi connectivity index (χ0v) is 18.9. The quantitative estimate of drug-likeness (QED) is 0.696. The van der Waals surface area contributed by atoms with Gasteiger partial charge in [-0.15, -0.1) is 0 Å². The van der Waals surface area contributed by atoms with E-state index in [1.807, 2.05) is 32.9 Å². The maximum absolute atomic E-state index is 13.1. The van der Waals surface area contributed by atoms with Crippen LogP contribution in [-0.2, 0) is 14.8 Å². The minimum Gasteiger partial charge on any atom is -0.352 e. The molecule has 0 radical (unpaired) electrons. The van der Waals surface area contributed by atoms with Gasteiger partial charge < -0.3 is 10.2 Å². The SMILES string of the molecule is CCN(CC(=O)NC(C)C)C(=O)c1cccc(S(=O)(=O)N(C)c2ccc(C)cc2)c1. The number of hydrogen-bond acceptors (Lipinski definition) is 4. The van der Waals surface area contributed by atoms with Crippen molar-refractivity contribution in [2.24, 2.45) is 0 Å². The van der Waals surface area contributed by atoms with Gasteiger partial charge in [0.1, 0.15) is 0 Å². The minimum absolute atomic E-state index is 0.0131. The van der Waals surface area contributed by atoms with Gasteiger partial charge in [-0.1, -0.05) is 23.8 Å². The molecule has 0 unspecified atom stereocenters. The van der Waals surface area contributed by atoms with Gasteiger partial charge in [0.15, 0.2) is 0 Å². The highest BCUT2D eigenvalue weighted by Gasteiger charge is 2.24. The first-order chi connectivity index (χ1) is 14.1. The van der Waals surface area contributed by atoms with Gasteiger partial charge in [-0.25, -0.2) is 8.42 Å². The van der Waals surface area contributed by atoms with Crippen LogP contribution < -0.4 is 9.62 Å². The summed E-state index contributed by atoms with van der Waals surface area (Å²) in [4.78, 5) is 26.3. The molecule has 30 heavy (non-hydrogen) atoms. The molecule has 2 amide bonds. The van der Waals surface area contributed by atoms with Gasteiger partial charge in [0.2, 0.25) is 5.91 Å². The molecule has 2 aromatic rings. The van der Waals surface area contributed by atoms with Gasteiger partial charge in [-0.05, 0) is 58.0 Å². The summed E-state index contributed by atoms with van der Waals surface area (Å²) < 4.78 is 27.3. The van der Waals surface area contributed by atoms with Crippen LogP contribution in [0.1, 0.15) is 36.7 Å². The zero-order valence-electron chi connectivity index (χ0n) is 18.0. The van der Waals surface area contributed by atoms with Gasteiger partial charge in [-0.2, -0.15) is 0 Å². The number of rotatable bonds is 8. The summed E-state index contributed by atoms with van der Waals surface area (Å²) in [6.45, 7) is 7.61. The molecule has 0 spiro atoms. The second kappa shape index (κ2) is 9.75. The van der Waals surface area contributed by atoms with Gasteiger partial charge >= 0.3 is 0 Å². The summed E-state index contributed by atoms with van der Waals surface area (Å²) >= 11 is 0. The standard InChI is InChI=1S/C22H29N3O4S/c1-6-25(15-21(26)23-16(2)3)22(27)18-8-7-9-20(14-18)30(28,29)24(5)19-12-10-17(4)11-13-19/h7-14,16H,6,15H2,1-5H3,(H,23,26). The molecule has 0 aliphatic carbocycles. The van der Waals surface area contributed by atoms with E-state index in [1.54, 1.807) is 25.1 Å². The maximum Gasteiger partial charge on any atom is 0.264 e. The molecule has 0 aliphatic rings. The van der Waals surface area contributed by atoms with E-state index in [-0.39, 0.29) is 29.0 Å². The van der Waals surface area contributed by atoms with Crippen LogP contribution in [-0.4, -0.2) is 51.3 Å². The van der Waals surface area contributed by atoms with Crippen molar-refractivity contribution in [1.82, 2.24) is 10.2 Å². The third-order valence-corrected chi connectivity index (χ3v) is 6.37. The summed E-state index contributed by atoms with van der Waals surface area (Å²) in [6.07, 6.45) is 0. The predicted molar refractivity (Wildman–Crippen MR) is 118 cm³/mol. The predicted octanol–water partition coefficient (Wildman–Crippen LogP) is 2.81. The van der Waals surface area contributed by atoms with E-state index < -0.39 is 15.9 Å². The molecule has 2 aromatic carbocycles. The number of nitrogens with one attached hydrogen (secondary N) is 1. The van der Waals surface area contributed by atoms with Crippen molar-refractivity contribution in [3.05, 3.63) is 59.7 Å². The Morgan fingerprint density at radius 1 is 1.07 bits per heavy atom. The number of likely N-dealkylation sites (N-methyl/N-ethyl adjacent to an activating group) is 1. The molecule has 1 N–H and O–H groups in total. The van der Waals surface area contributed by atoms with Crippen molar-refractivity contribution in [3.63, 3.8) is 0 Å².